The van der Waals surface area contributed by atoms with Gasteiger partial charge in [-0.2, -0.15) is 10.2 Å². The van der Waals surface area contributed by atoms with Crippen LogP contribution in [0.3, 0.4) is 0 Å². The van der Waals surface area contributed by atoms with Crippen LogP contribution in [0, 0.1) is 12.8 Å². The van der Waals surface area contributed by atoms with E-state index < -0.39 is 6.10 Å². The first kappa shape index (κ1) is 16.5. The zero-order valence-electron chi connectivity index (χ0n) is 14.5. The molecule has 2 aromatic heterocycles. The standard InChI is InChI=1S/C19H21N5O2/c1-12-7-15(21-20-12)8-14-10-24(11-18(14)25)19(26)17-9-16(22-23-17)13-5-3-2-4-6-13/h2-7,9,14,18,25H,8,10-11H2,1H3,(H,20,21)(H,22,23)/t14-,18+/m1/s1. The Labute approximate surface area is 151 Å². The normalized spacial score (nSPS) is 19.8. The molecule has 1 aromatic carbocycles. The largest absolute Gasteiger partial charge is 0.391 e. The summed E-state index contributed by atoms with van der Waals surface area (Å²) < 4.78 is 0. The van der Waals surface area contributed by atoms with Gasteiger partial charge >= 0.3 is 0 Å². The van der Waals surface area contributed by atoms with E-state index in [0.717, 1.165) is 22.6 Å². The van der Waals surface area contributed by atoms with Gasteiger partial charge in [-0.3, -0.25) is 15.0 Å². The number of hydrogen-bond acceptors (Lipinski definition) is 4. The highest BCUT2D eigenvalue weighted by Crippen LogP contribution is 2.24. The van der Waals surface area contributed by atoms with Gasteiger partial charge in [0.15, 0.2) is 0 Å². The van der Waals surface area contributed by atoms with Gasteiger partial charge in [0.25, 0.3) is 5.91 Å². The monoisotopic (exact) mass is 351 g/mol. The summed E-state index contributed by atoms with van der Waals surface area (Å²) >= 11 is 0. The lowest BCUT2D eigenvalue weighted by Gasteiger charge is -2.14. The Morgan fingerprint density at radius 2 is 2.00 bits per heavy atom. The third-order valence-corrected chi connectivity index (χ3v) is 4.80. The van der Waals surface area contributed by atoms with Crippen molar-refractivity contribution in [3.05, 3.63) is 59.5 Å². The molecule has 2 atom stereocenters. The second-order valence-electron chi connectivity index (χ2n) is 6.82. The number of carbonyl (C=O) groups excluding carboxylic acids is 1. The summed E-state index contributed by atoms with van der Waals surface area (Å²) in [7, 11) is 0. The molecule has 3 N–H and O–H groups in total. The second-order valence-corrected chi connectivity index (χ2v) is 6.82. The van der Waals surface area contributed by atoms with E-state index in [2.05, 4.69) is 20.4 Å². The summed E-state index contributed by atoms with van der Waals surface area (Å²) in [5.41, 5.74) is 4.03. The molecule has 26 heavy (non-hydrogen) atoms. The van der Waals surface area contributed by atoms with E-state index in [1.807, 2.05) is 43.3 Å². The van der Waals surface area contributed by atoms with E-state index in [9.17, 15) is 9.90 Å². The number of aryl methyl sites for hydroxylation is 1. The third kappa shape index (κ3) is 3.25. The first-order valence-corrected chi connectivity index (χ1v) is 8.69. The molecule has 3 aromatic rings. The predicted molar refractivity (Wildman–Crippen MR) is 96.5 cm³/mol. The minimum atomic E-state index is -0.549. The van der Waals surface area contributed by atoms with Crippen LogP contribution in [0.5, 0.6) is 0 Å². The van der Waals surface area contributed by atoms with Crippen LogP contribution >= 0.6 is 0 Å². The van der Waals surface area contributed by atoms with Crippen molar-refractivity contribution in [3.8, 4) is 11.3 Å². The summed E-state index contributed by atoms with van der Waals surface area (Å²) in [6.07, 6.45) is 0.0977. The molecule has 0 saturated carbocycles. The van der Waals surface area contributed by atoms with Crippen LogP contribution in [0.15, 0.2) is 42.5 Å². The van der Waals surface area contributed by atoms with Crippen molar-refractivity contribution in [2.45, 2.75) is 19.4 Å². The lowest BCUT2D eigenvalue weighted by molar-refractivity contribution is 0.0759. The van der Waals surface area contributed by atoms with Crippen molar-refractivity contribution < 1.29 is 9.90 Å². The number of aromatic amines is 2. The van der Waals surface area contributed by atoms with Gasteiger partial charge < -0.3 is 10.0 Å². The molecule has 0 radical (unpaired) electrons. The average molecular weight is 351 g/mol. The third-order valence-electron chi connectivity index (χ3n) is 4.80. The van der Waals surface area contributed by atoms with E-state index in [-0.39, 0.29) is 11.8 Å². The van der Waals surface area contributed by atoms with Crippen LogP contribution in [0.25, 0.3) is 11.3 Å². The molecule has 7 heteroatoms. The summed E-state index contributed by atoms with van der Waals surface area (Å²) in [6, 6.07) is 13.4. The molecule has 1 saturated heterocycles. The molecule has 1 aliphatic rings. The van der Waals surface area contributed by atoms with Crippen LogP contribution in [0.4, 0.5) is 0 Å². The smallest absolute Gasteiger partial charge is 0.271 e. The number of aliphatic hydroxyl groups is 1. The highest BCUT2D eigenvalue weighted by molar-refractivity contribution is 5.93. The number of carbonyl (C=O) groups is 1. The van der Waals surface area contributed by atoms with Gasteiger partial charge in [0.05, 0.1) is 17.5 Å². The van der Waals surface area contributed by atoms with E-state index in [1.165, 1.54) is 0 Å². The fraction of sp³-hybridized carbons (Fsp3) is 0.316. The molecule has 7 nitrogen and oxygen atoms in total. The second kappa shape index (κ2) is 6.76. The molecule has 3 heterocycles. The minimum Gasteiger partial charge on any atom is -0.391 e. The van der Waals surface area contributed by atoms with Crippen molar-refractivity contribution in [2.24, 2.45) is 5.92 Å². The van der Waals surface area contributed by atoms with Gasteiger partial charge in [-0.15, -0.1) is 0 Å². The number of aliphatic hydroxyl groups excluding tert-OH is 1. The van der Waals surface area contributed by atoms with Gasteiger partial charge in [-0.1, -0.05) is 30.3 Å². The number of likely N-dealkylation sites (tertiary alicyclic amines) is 1. The van der Waals surface area contributed by atoms with Crippen LogP contribution in [-0.4, -0.2) is 55.5 Å². The molecule has 1 fully saturated rings. The molecular weight excluding hydrogens is 330 g/mol. The van der Waals surface area contributed by atoms with Crippen molar-refractivity contribution in [3.63, 3.8) is 0 Å². The van der Waals surface area contributed by atoms with Gasteiger partial charge in [0.2, 0.25) is 0 Å². The summed E-state index contributed by atoms with van der Waals surface area (Å²) in [6.45, 7) is 2.78. The van der Waals surface area contributed by atoms with Crippen LogP contribution in [0.1, 0.15) is 21.9 Å². The highest BCUT2D eigenvalue weighted by atomic mass is 16.3. The van der Waals surface area contributed by atoms with Gasteiger partial charge in [-0.05, 0) is 25.5 Å². The lowest BCUT2D eigenvalue weighted by atomic mass is 10.0. The molecule has 4 rings (SSSR count). The maximum Gasteiger partial charge on any atom is 0.271 e. The average Bonchev–Trinajstić information content (AvgIpc) is 3.37. The van der Waals surface area contributed by atoms with Crippen molar-refractivity contribution in [1.29, 1.82) is 0 Å². The molecule has 0 unspecified atom stereocenters. The Morgan fingerprint density at radius 3 is 2.73 bits per heavy atom. The van der Waals surface area contributed by atoms with E-state index in [0.29, 0.717) is 25.2 Å². The topological polar surface area (TPSA) is 97.9 Å². The Bertz CT molecular complexity index is 902. The number of nitrogens with zero attached hydrogens (tertiary/aromatic N) is 3. The summed E-state index contributed by atoms with van der Waals surface area (Å²) in [5.74, 6) is -0.155. The first-order valence-electron chi connectivity index (χ1n) is 8.69. The molecule has 0 spiro atoms. The number of aromatic nitrogens is 4. The maximum absolute atomic E-state index is 12.8. The van der Waals surface area contributed by atoms with E-state index in [4.69, 9.17) is 0 Å². The van der Waals surface area contributed by atoms with Crippen molar-refractivity contribution in [1.82, 2.24) is 25.3 Å². The molecule has 1 amide bonds. The molecule has 0 aliphatic carbocycles. The zero-order chi connectivity index (χ0) is 18.1. The Balaban J connectivity index is 1.45. The fourth-order valence-electron chi connectivity index (χ4n) is 3.43. The number of amides is 1. The quantitative estimate of drug-likeness (QED) is 0.667. The zero-order valence-corrected chi connectivity index (χ0v) is 14.5. The minimum absolute atomic E-state index is 0.0156. The SMILES string of the molecule is Cc1cc(C[C@@H]2CN(C(=O)c3cc(-c4ccccc4)n[nH]3)C[C@@H]2O)n[nH]1. The van der Waals surface area contributed by atoms with E-state index >= 15 is 0 Å². The number of rotatable bonds is 4. The van der Waals surface area contributed by atoms with Crippen LogP contribution in [0.2, 0.25) is 0 Å². The highest BCUT2D eigenvalue weighted by Gasteiger charge is 2.35. The van der Waals surface area contributed by atoms with Crippen LogP contribution in [-0.2, 0) is 6.42 Å². The van der Waals surface area contributed by atoms with Crippen LogP contribution < -0.4 is 0 Å². The van der Waals surface area contributed by atoms with Crippen molar-refractivity contribution in [2.75, 3.05) is 13.1 Å². The number of β-amino-alcohol motifs (C(OH)–C–C–N with tert-alkyl or cyclic N) is 1. The Kier molecular flexibility index (Phi) is 4.30. The fourth-order valence-corrected chi connectivity index (χ4v) is 3.43. The molecule has 0 bridgehead atoms. The van der Waals surface area contributed by atoms with E-state index in [1.54, 1.807) is 11.0 Å². The molecule has 1 aliphatic heterocycles. The lowest BCUT2D eigenvalue weighted by Crippen LogP contribution is -2.29. The Morgan fingerprint density at radius 1 is 1.19 bits per heavy atom. The summed E-state index contributed by atoms with van der Waals surface area (Å²) in [4.78, 5) is 14.4. The summed E-state index contributed by atoms with van der Waals surface area (Å²) in [5, 5.41) is 24.5. The number of H-pyrrole nitrogens is 2. The first-order chi connectivity index (χ1) is 12.6. The van der Waals surface area contributed by atoms with Gasteiger partial charge in [-0.25, -0.2) is 0 Å². The number of benzene rings is 1. The van der Waals surface area contributed by atoms with Gasteiger partial charge in [0, 0.05) is 30.3 Å². The van der Waals surface area contributed by atoms with Crippen molar-refractivity contribution >= 4 is 5.91 Å². The predicted octanol–water partition coefficient (Wildman–Crippen LogP) is 1.78. The molecular formula is C19H21N5O2. The number of nitrogens with one attached hydrogen (secondary N) is 2. The van der Waals surface area contributed by atoms with Gasteiger partial charge in [0.1, 0.15) is 5.69 Å². The molecule has 134 valence electrons. The number of hydrogen-bond donors (Lipinski definition) is 3. The Hall–Kier alpha value is -2.93. The maximum atomic E-state index is 12.8.